The summed E-state index contributed by atoms with van der Waals surface area (Å²) >= 11 is 0. The second kappa shape index (κ2) is 4.69. The number of nitrogens with zero attached hydrogens (tertiary/aromatic N) is 6. The first kappa shape index (κ1) is 10.6. The van der Waals surface area contributed by atoms with Crippen molar-refractivity contribution < 1.29 is 10.2 Å². The van der Waals surface area contributed by atoms with Gasteiger partial charge in [-0.2, -0.15) is 0 Å². The van der Waals surface area contributed by atoms with Crippen LogP contribution in [0, 0.1) is 0 Å². The Balaban J connectivity index is 2.70. The third-order valence-electron chi connectivity index (χ3n) is 2.25. The van der Waals surface area contributed by atoms with Crippen molar-refractivity contribution in [2.45, 2.75) is 37.1 Å². The maximum absolute atomic E-state index is 9.46. The van der Waals surface area contributed by atoms with Crippen LogP contribution in [0.15, 0.2) is 10.2 Å². The second-order valence-corrected chi connectivity index (χ2v) is 3.15. The van der Waals surface area contributed by atoms with Crippen LogP contribution in [0.2, 0.25) is 0 Å². The molecule has 76 valence electrons. The van der Waals surface area contributed by atoms with E-state index in [4.69, 9.17) is 11.1 Å². The predicted molar refractivity (Wildman–Crippen MR) is 47.1 cm³/mol. The molecule has 8 nitrogen and oxygen atoms in total. The van der Waals surface area contributed by atoms with Gasteiger partial charge in [0.1, 0.15) is 0 Å². The normalized spacial score (nSPS) is 36.7. The number of aliphatic hydroxyl groups excluding tert-OH is 2. The van der Waals surface area contributed by atoms with Gasteiger partial charge in [0.2, 0.25) is 0 Å². The molecular formula is C6H10N6O2. The zero-order valence-electron chi connectivity index (χ0n) is 7.30. The Kier molecular flexibility index (Phi) is 3.55. The summed E-state index contributed by atoms with van der Waals surface area (Å²) < 4.78 is 0. The molecule has 1 fully saturated rings. The van der Waals surface area contributed by atoms with Crippen molar-refractivity contribution in [3.05, 3.63) is 20.9 Å². The lowest BCUT2D eigenvalue weighted by Gasteiger charge is -2.31. The minimum Gasteiger partial charge on any atom is -0.393 e. The Bertz CT molecular complexity index is 265. The summed E-state index contributed by atoms with van der Waals surface area (Å²) in [6.45, 7) is 0. The lowest BCUT2D eigenvalue weighted by molar-refractivity contribution is 0.0232. The average molecular weight is 198 g/mol. The maximum atomic E-state index is 9.46. The second-order valence-electron chi connectivity index (χ2n) is 3.15. The van der Waals surface area contributed by atoms with E-state index in [1.165, 1.54) is 0 Å². The highest BCUT2D eigenvalue weighted by atomic mass is 16.3. The van der Waals surface area contributed by atoms with Crippen LogP contribution in [0.3, 0.4) is 0 Å². The number of rotatable bonds is 2. The van der Waals surface area contributed by atoms with Crippen LogP contribution < -0.4 is 0 Å². The largest absolute Gasteiger partial charge is 0.393 e. The minimum absolute atomic E-state index is 0.120. The molecule has 0 amide bonds. The zero-order chi connectivity index (χ0) is 10.6. The first-order chi connectivity index (χ1) is 6.69. The van der Waals surface area contributed by atoms with Crippen LogP contribution in [0.4, 0.5) is 0 Å². The first-order valence-corrected chi connectivity index (χ1v) is 4.13. The summed E-state index contributed by atoms with van der Waals surface area (Å²) in [6.07, 6.45) is -1.47. The average Bonchev–Trinajstić information content (AvgIpc) is 2.14. The van der Waals surface area contributed by atoms with Crippen molar-refractivity contribution in [3.63, 3.8) is 0 Å². The molecule has 0 aromatic heterocycles. The molecule has 1 saturated carbocycles. The summed E-state index contributed by atoms with van der Waals surface area (Å²) in [7, 11) is 0. The van der Waals surface area contributed by atoms with E-state index in [0.717, 1.165) is 0 Å². The number of azide groups is 2. The van der Waals surface area contributed by atoms with Gasteiger partial charge < -0.3 is 10.2 Å². The van der Waals surface area contributed by atoms with Gasteiger partial charge >= 0.3 is 0 Å². The topological polar surface area (TPSA) is 138 Å². The fraction of sp³-hybridized carbons (Fsp3) is 1.00. The highest BCUT2D eigenvalue weighted by molar-refractivity contribution is 4.93. The van der Waals surface area contributed by atoms with E-state index in [0.29, 0.717) is 0 Å². The van der Waals surface area contributed by atoms with Crippen LogP contribution in [0.25, 0.3) is 20.9 Å². The Hall–Kier alpha value is -1.46. The quantitative estimate of drug-likeness (QED) is 0.386. The molecule has 2 N–H and O–H groups in total. The molecule has 8 heteroatoms. The van der Waals surface area contributed by atoms with Crippen molar-refractivity contribution in [2.24, 2.45) is 10.2 Å². The smallest absolute Gasteiger partial charge is 0.0658 e. The molecule has 14 heavy (non-hydrogen) atoms. The molecule has 0 radical (unpaired) electrons. The van der Waals surface area contributed by atoms with Crippen LogP contribution in [0.1, 0.15) is 12.8 Å². The van der Waals surface area contributed by atoms with Gasteiger partial charge in [-0.15, -0.1) is 0 Å². The van der Waals surface area contributed by atoms with Crippen molar-refractivity contribution >= 4 is 0 Å². The Labute approximate surface area is 79.4 Å². The molecule has 0 heterocycles. The lowest BCUT2D eigenvalue weighted by atomic mass is 9.87. The summed E-state index contributed by atoms with van der Waals surface area (Å²) in [6, 6.07) is -1.28. The van der Waals surface area contributed by atoms with Crippen LogP contribution in [-0.2, 0) is 0 Å². The van der Waals surface area contributed by atoms with Crippen molar-refractivity contribution in [1.29, 1.82) is 0 Å². The minimum atomic E-state index is -0.857. The summed E-state index contributed by atoms with van der Waals surface area (Å²) in [5.74, 6) is 0. The molecule has 1 aliphatic carbocycles. The van der Waals surface area contributed by atoms with Gasteiger partial charge in [-0.25, -0.2) is 0 Å². The molecule has 0 saturated heterocycles. The molecular weight excluding hydrogens is 188 g/mol. The van der Waals surface area contributed by atoms with Gasteiger partial charge in [0.05, 0.1) is 24.3 Å². The number of hydrogen-bond donors (Lipinski definition) is 2. The van der Waals surface area contributed by atoms with E-state index in [1.807, 2.05) is 0 Å². The lowest BCUT2D eigenvalue weighted by Crippen LogP contribution is -2.42. The van der Waals surface area contributed by atoms with E-state index < -0.39 is 24.3 Å². The molecule has 0 bridgehead atoms. The number of aliphatic hydroxyl groups is 2. The monoisotopic (exact) mass is 198 g/mol. The van der Waals surface area contributed by atoms with E-state index in [2.05, 4.69) is 20.1 Å². The van der Waals surface area contributed by atoms with Gasteiger partial charge in [-0.1, -0.05) is 10.2 Å². The third-order valence-corrected chi connectivity index (χ3v) is 2.25. The Morgan fingerprint density at radius 2 is 1.29 bits per heavy atom. The van der Waals surface area contributed by atoms with Gasteiger partial charge in [0.25, 0.3) is 0 Å². The zero-order valence-corrected chi connectivity index (χ0v) is 7.30. The van der Waals surface area contributed by atoms with Gasteiger partial charge in [0.15, 0.2) is 0 Å². The van der Waals surface area contributed by atoms with Gasteiger partial charge in [0, 0.05) is 9.82 Å². The van der Waals surface area contributed by atoms with Crippen LogP contribution in [0.5, 0.6) is 0 Å². The SMILES string of the molecule is [N-]=[N+]=NC1CC(O)C(N=[N+]=[N-])CC1O. The van der Waals surface area contributed by atoms with E-state index in [9.17, 15) is 10.2 Å². The molecule has 0 aromatic carbocycles. The Morgan fingerprint density at radius 3 is 1.57 bits per heavy atom. The van der Waals surface area contributed by atoms with Gasteiger partial charge in [-0.05, 0) is 23.9 Å². The molecule has 0 aromatic rings. The summed E-state index contributed by atoms with van der Waals surface area (Å²) in [5.41, 5.74) is 16.4. The molecule has 0 aliphatic heterocycles. The molecule has 4 unspecified atom stereocenters. The highest BCUT2D eigenvalue weighted by Gasteiger charge is 2.34. The maximum Gasteiger partial charge on any atom is 0.0658 e. The fourth-order valence-corrected chi connectivity index (χ4v) is 1.50. The van der Waals surface area contributed by atoms with E-state index in [-0.39, 0.29) is 12.8 Å². The standard InChI is InChI=1S/C6H10N6O2/c7-11-9-3-1-5(13)4(10-12-8)2-6(3)14/h3-6,13-14H,1-2H2. The van der Waals surface area contributed by atoms with E-state index in [1.54, 1.807) is 0 Å². The highest BCUT2D eigenvalue weighted by Crippen LogP contribution is 2.24. The first-order valence-electron chi connectivity index (χ1n) is 4.13. The van der Waals surface area contributed by atoms with Crippen LogP contribution in [-0.4, -0.2) is 34.5 Å². The fourth-order valence-electron chi connectivity index (χ4n) is 1.50. The third kappa shape index (κ3) is 2.27. The van der Waals surface area contributed by atoms with Crippen molar-refractivity contribution in [3.8, 4) is 0 Å². The predicted octanol–water partition coefficient (Wildman–Crippen LogP) is 0.860. The summed E-state index contributed by atoms with van der Waals surface area (Å²) in [4.78, 5) is 5.13. The molecule has 1 aliphatic rings. The van der Waals surface area contributed by atoms with Crippen molar-refractivity contribution in [2.75, 3.05) is 0 Å². The summed E-state index contributed by atoms with van der Waals surface area (Å²) in [5, 5.41) is 25.6. The van der Waals surface area contributed by atoms with Gasteiger partial charge in [-0.3, -0.25) is 0 Å². The molecule has 0 spiro atoms. The van der Waals surface area contributed by atoms with Crippen LogP contribution >= 0.6 is 0 Å². The number of hydrogen-bond acceptors (Lipinski definition) is 4. The van der Waals surface area contributed by atoms with Crippen molar-refractivity contribution in [1.82, 2.24) is 0 Å². The van der Waals surface area contributed by atoms with E-state index >= 15 is 0 Å². The Morgan fingerprint density at radius 1 is 0.929 bits per heavy atom. The molecule has 4 atom stereocenters. The molecule has 1 rings (SSSR count).